The summed E-state index contributed by atoms with van der Waals surface area (Å²) >= 11 is 0. The number of nitrogen functional groups attached to an aromatic ring is 1. The zero-order chi connectivity index (χ0) is 18.5. The lowest BCUT2D eigenvalue weighted by Crippen LogP contribution is -2.44. The highest BCUT2D eigenvalue weighted by Gasteiger charge is 2.21. The Morgan fingerprint density at radius 2 is 1.59 bits per heavy atom. The minimum atomic E-state index is -0.0923. The number of nitrogens with one attached hydrogen (secondary N) is 1. The topological polar surface area (TPSA) is 67.6 Å². The predicted octanol–water partition coefficient (Wildman–Crippen LogP) is 3.23. The molecule has 0 spiro atoms. The number of nitrogens with zero attached hydrogens (tertiary/aromatic N) is 1. The third-order valence-electron chi connectivity index (χ3n) is 4.55. The highest BCUT2D eigenvalue weighted by atomic mass is 35.5. The van der Waals surface area contributed by atoms with Gasteiger partial charge < -0.3 is 15.8 Å². The van der Waals surface area contributed by atoms with Crippen molar-refractivity contribution in [2.24, 2.45) is 0 Å². The second kappa shape index (κ2) is 9.74. The van der Waals surface area contributed by atoms with Gasteiger partial charge >= 0.3 is 0 Å². The van der Waals surface area contributed by atoms with Crippen LogP contribution in [0.2, 0.25) is 0 Å². The Morgan fingerprint density at radius 3 is 2.19 bits per heavy atom. The highest BCUT2D eigenvalue weighted by Crippen LogP contribution is 2.15. The average molecular weight is 390 g/mol. The SMILES string of the molecule is CC1CN(Cc2ccc(CNC(=O)c3ccc(N)cc3)cc2)CC(C)O1.Cl. The first-order valence-electron chi connectivity index (χ1n) is 9.09. The van der Waals surface area contributed by atoms with E-state index in [0.29, 0.717) is 17.8 Å². The molecule has 0 saturated carbocycles. The Hall–Kier alpha value is -2.08. The van der Waals surface area contributed by atoms with E-state index >= 15 is 0 Å². The number of morpholine rings is 1. The van der Waals surface area contributed by atoms with Crippen LogP contribution in [0, 0.1) is 0 Å². The lowest BCUT2D eigenvalue weighted by molar-refractivity contribution is -0.0704. The van der Waals surface area contributed by atoms with Gasteiger partial charge in [-0.25, -0.2) is 0 Å². The summed E-state index contributed by atoms with van der Waals surface area (Å²) in [6.45, 7) is 7.60. The van der Waals surface area contributed by atoms with E-state index in [-0.39, 0.29) is 30.5 Å². The van der Waals surface area contributed by atoms with Gasteiger partial charge in [-0.2, -0.15) is 0 Å². The van der Waals surface area contributed by atoms with Crippen LogP contribution in [0.4, 0.5) is 5.69 Å². The van der Waals surface area contributed by atoms with Crippen LogP contribution in [0.25, 0.3) is 0 Å². The molecular formula is C21H28ClN3O2. The molecule has 1 amide bonds. The fourth-order valence-corrected chi connectivity index (χ4v) is 3.35. The highest BCUT2D eigenvalue weighted by molar-refractivity contribution is 5.94. The molecule has 27 heavy (non-hydrogen) atoms. The molecular weight excluding hydrogens is 362 g/mol. The number of amides is 1. The third-order valence-corrected chi connectivity index (χ3v) is 4.55. The van der Waals surface area contributed by atoms with Crippen LogP contribution in [-0.2, 0) is 17.8 Å². The molecule has 2 aromatic rings. The Bertz CT molecular complexity index is 724. The first-order valence-corrected chi connectivity index (χ1v) is 9.09. The molecule has 0 radical (unpaired) electrons. The van der Waals surface area contributed by atoms with Crippen LogP contribution >= 0.6 is 12.4 Å². The maximum Gasteiger partial charge on any atom is 0.251 e. The van der Waals surface area contributed by atoms with Gasteiger partial charge in [-0.05, 0) is 49.2 Å². The molecule has 0 bridgehead atoms. The van der Waals surface area contributed by atoms with Gasteiger partial charge in [0.2, 0.25) is 0 Å². The van der Waals surface area contributed by atoms with Crippen molar-refractivity contribution in [3.05, 3.63) is 65.2 Å². The van der Waals surface area contributed by atoms with Gasteiger partial charge in [0.15, 0.2) is 0 Å². The maximum absolute atomic E-state index is 12.1. The molecule has 3 rings (SSSR count). The smallest absolute Gasteiger partial charge is 0.251 e. The minimum Gasteiger partial charge on any atom is -0.399 e. The molecule has 5 nitrogen and oxygen atoms in total. The van der Waals surface area contributed by atoms with Crippen molar-refractivity contribution in [1.29, 1.82) is 0 Å². The third kappa shape index (κ3) is 6.24. The summed E-state index contributed by atoms with van der Waals surface area (Å²) in [7, 11) is 0. The summed E-state index contributed by atoms with van der Waals surface area (Å²) in [5, 5.41) is 2.94. The number of halogens is 1. The van der Waals surface area contributed by atoms with Gasteiger partial charge in [-0.1, -0.05) is 24.3 Å². The number of hydrogen-bond acceptors (Lipinski definition) is 4. The summed E-state index contributed by atoms with van der Waals surface area (Å²) in [6, 6.07) is 15.4. The lowest BCUT2D eigenvalue weighted by atomic mass is 10.1. The molecule has 1 aliphatic rings. The van der Waals surface area contributed by atoms with E-state index in [1.54, 1.807) is 24.3 Å². The van der Waals surface area contributed by atoms with E-state index in [4.69, 9.17) is 10.5 Å². The van der Waals surface area contributed by atoms with Crippen LogP contribution in [0.15, 0.2) is 48.5 Å². The van der Waals surface area contributed by atoms with E-state index in [2.05, 4.69) is 48.3 Å². The molecule has 2 atom stereocenters. The zero-order valence-electron chi connectivity index (χ0n) is 15.9. The van der Waals surface area contributed by atoms with Crippen LogP contribution in [0.1, 0.15) is 35.3 Å². The van der Waals surface area contributed by atoms with E-state index in [1.165, 1.54) is 5.56 Å². The molecule has 0 aliphatic carbocycles. The van der Waals surface area contributed by atoms with Crippen molar-refractivity contribution in [3.63, 3.8) is 0 Å². The molecule has 0 aromatic heterocycles. The fourth-order valence-electron chi connectivity index (χ4n) is 3.35. The van der Waals surface area contributed by atoms with Gasteiger partial charge in [0.1, 0.15) is 0 Å². The molecule has 1 heterocycles. The number of nitrogens with two attached hydrogens (primary N) is 1. The molecule has 1 saturated heterocycles. The summed E-state index contributed by atoms with van der Waals surface area (Å²) in [5.74, 6) is -0.0923. The number of carbonyl (C=O) groups is 1. The molecule has 2 unspecified atom stereocenters. The van der Waals surface area contributed by atoms with Crippen molar-refractivity contribution in [3.8, 4) is 0 Å². The van der Waals surface area contributed by atoms with Crippen molar-refractivity contribution in [2.45, 2.75) is 39.1 Å². The lowest BCUT2D eigenvalue weighted by Gasteiger charge is -2.35. The molecule has 3 N–H and O–H groups in total. The number of ether oxygens (including phenoxy) is 1. The number of hydrogen-bond donors (Lipinski definition) is 2. The van der Waals surface area contributed by atoms with Crippen LogP contribution in [0.3, 0.4) is 0 Å². The number of carbonyl (C=O) groups excluding carboxylic acids is 1. The van der Waals surface area contributed by atoms with Gasteiger partial charge in [0.05, 0.1) is 12.2 Å². The zero-order valence-corrected chi connectivity index (χ0v) is 16.7. The monoisotopic (exact) mass is 389 g/mol. The van der Waals surface area contributed by atoms with Crippen molar-refractivity contribution in [1.82, 2.24) is 10.2 Å². The minimum absolute atomic E-state index is 0. The quantitative estimate of drug-likeness (QED) is 0.770. The standard InChI is InChI=1S/C21H27N3O2.ClH/c1-15-12-24(13-16(2)26-15)14-18-5-3-17(4-6-18)11-23-21(25)19-7-9-20(22)10-8-19;/h3-10,15-16H,11-14,22H2,1-2H3,(H,23,25);1H. The number of anilines is 1. The van der Waals surface area contributed by atoms with E-state index in [1.807, 2.05) is 0 Å². The van der Waals surface area contributed by atoms with Gasteiger partial charge in [0, 0.05) is 37.4 Å². The van der Waals surface area contributed by atoms with Gasteiger partial charge in [0.25, 0.3) is 5.91 Å². The Morgan fingerprint density at radius 1 is 1.04 bits per heavy atom. The maximum atomic E-state index is 12.1. The van der Waals surface area contributed by atoms with E-state index in [9.17, 15) is 4.79 Å². The second-order valence-corrected chi connectivity index (χ2v) is 7.07. The summed E-state index contributed by atoms with van der Waals surface area (Å²) < 4.78 is 5.78. The van der Waals surface area contributed by atoms with Gasteiger partial charge in [-0.15, -0.1) is 12.4 Å². The van der Waals surface area contributed by atoms with Crippen LogP contribution in [0.5, 0.6) is 0 Å². The van der Waals surface area contributed by atoms with Crippen LogP contribution in [-0.4, -0.2) is 36.1 Å². The molecule has 1 aliphatic heterocycles. The first kappa shape index (κ1) is 21.2. The van der Waals surface area contributed by atoms with Crippen LogP contribution < -0.4 is 11.1 Å². The van der Waals surface area contributed by atoms with Crippen molar-refractivity contribution in [2.75, 3.05) is 18.8 Å². The molecule has 146 valence electrons. The molecule has 1 fully saturated rings. The van der Waals surface area contributed by atoms with E-state index < -0.39 is 0 Å². The molecule has 6 heteroatoms. The Kier molecular flexibility index (Phi) is 7.66. The number of rotatable bonds is 5. The normalized spacial score (nSPS) is 19.9. The average Bonchev–Trinajstić information content (AvgIpc) is 2.60. The molecule has 2 aromatic carbocycles. The fraction of sp³-hybridized carbons (Fsp3) is 0.381. The summed E-state index contributed by atoms with van der Waals surface area (Å²) in [4.78, 5) is 14.6. The Labute approximate surface area is 167 Å². The largest absolute Gasteiger partial charge is 0.399 e. The predicted molar refractivity (Wildman–Crippen MR) is 111 cm³/mol. The Balaban J connectivity index is 0.00000261. The summed E-state index contributed by atoms with van der Waals surface area (Å²) in [5.41, 5.74) is 9.28. The summed E-state index contributed by atoms with van der Waals surface area (Å²) in [6.07, 6.45) is 0.558. The second-order valence-electron chi connectivity index (χ2n) is 7.07. The number of benzene rings is 2. The van der Waals surface area contributed by atoms with Crippen molar-refractivity contribution < 1.29 is 9.53 Å². The van der Waals surface area contributed by atoms with Crippen molar-refractivity contribution >= 4 is 24.0 Å². The first-order chi connectivity index (χ1) is 12.5. The van der Waals surface area contributed by atoms with Gasteiger partial charge in [-0.3, -0.25) is 9.69 Å². The van der Waals surface area contributed by atoms with E-state index in [0.717, 1.165) is 25.2 Å².